The molecule has 0 bridgehead atoms. The normalized spacial score (nSPS) is 18.8. The molecule has 1 aliphatic heterocycles. The summed E-state index contributed by atoms with van der Waals surface area (Å²) in [5.74, 6) is 4.94. The molecule has 0 atom stereocenters. The van der Waals surface area contributed by atoms with Crippen molar-refractivity contribution in [3.8, 4) is 0 Å². The standard InChI is InChI=1S/C16H25N3O/c1-16(2)8-3-9-19(12-16)11-14-6-4-13(5-7-14)10-15(20)18-17/h4-7H,3,8-12,17H2,1-2H3,(H,18,20). The molecule has 1 aromatic carbocycles. The lowest BCUT2D eigenvalue weighted by Gasteiger charge is -2.38. The maximum atomic E-state index is 11.2. The second-order valence-electron chi connectivity index (χ2n) is 6.54. The molecular weight excluding hydrogens is 250 g/mol. The van der Waals surface area contributed by atoms with Crippen molar-refractivity contribution in [1.82, 2.24) is 10.3 Å². The lowest BCUT2D eigenvalue weighted by molar-refractivity contribution is -0.120. The number of hydrogen-bond donors (Lipinski definition) is 2. The fraction of sp³-hybridized carbons (Fsp3) is 0.562. The van der Waals surface area contributed by atoms with Crippen molar-refractivity contribution in [3.63, 3.8) is 0 Å². The third-order valence-corrected chi connectivity index (χ3v) is 3.93. The Balaban J connectivity index is 1.92. The van der Waals surface area contributed by atoms with E-state index in [0.29, 0.717) is 11.8 Å². The molecule has 0 saturated carbocycles. The monoisotopic (exact) mass is 275 g/mol. The summed E-state index contributed by atoms with van der Waals surface area (Å²) in [5.41, 5.74) is 4.88. The first kappa shape index (κ1) is 15.0. The number of carbonyl (C=O) groups is 1. The lowest BCUT2D eigenvalue weighted by atomic mass is 9.84. The number of piperidine rings is 1. The Bertz CT molecular complexity index is 453. The molecule has 20 heavy (non-hydrogen) atoms. The van der Waals surface area contributed by atoms with Crippen LogP contribution in [0.2, 0.25) is 0 Å². The number of nitrogens with one attached hydrogen (secondary N) is 1. The predicted molar refractivity (Wildman–Crippen MR) is 80.8 cm³/mol. The van der Waals surface area contributed by atoms with E-state index >= 15 is 0 Å². The van der Waals surface area contributed by atoms with Crippen LogP contribution < -0.4 is 11.3 Å². The van der Waals surface area contributed by atoms with E-state index in [0.717, 1.165) is 18.7 Å². The number of nitrogens with zero attached hydrogens (tertiary/aromatic N) is 1. The van der Waals surface area contributed by atoms with E-state index in [9.17, 15) is 4.79 Å². The van der Waals surface area contributed by atoms with Gasteiger partial charge in [0.1, 0.15) is 0 Å². The molecule has 110 valence electrons. The average molecular weight is 275 g/mol. The summed E-state index contributed by atoms with van der Waals surface area (Å²) < 4.78 is 0. The molecule has 0 radical (unpaired) electrons. The van der Waals surface area contributed by atoms with Gasteiger partial charge in [0.25, 0.3) is 0 Å². The van der Waals surface area contributed by atoms with Gasteiger partial charge < -0.3 is 0 Å². The first-order valence-electron chi connectivity index (χ1n) is 7.28. The van der Waals surface area contributed by atoms with Crippen LogP contribution in [-0.4, -0.2) is 23.9 Å². The van der Waals surface area contributed by atoms with Gasteiger partial charge in [0.15, 0.2) is 0 Å². The van der Waals surface area contributed by atoms with E-state index < -0.39 is 0 Å². The molecule has 2 rings (SSSR count). The van der Waals surface area contributed by atoms with Gasteiger partial charge in [0, 0.05) is 13.1 Å². The molecule has 1 aromatic rings. The number of likely N-dealkylation sites (tertiary alicyclic amines) is 1. The van der Waals surface area contributed by atoms with E-state index in [1.54, 1.807) is 0 Å². The van der Waals surface area contributed by atoms with E-state index in [-0.39, 0.29) is 5.91 Å². The van der Waals surface area contributed by atoms with Crippen molar-refractivity contribution in [2.24, 2.45) is 11.3 Å². The van der Waals surface area contributed by atoms with Crippen molar-refractivity contribution >= 4 is 5.91 Å². The van der Waals surface area contributed by atoms with E-state index in [1.165, 1.54) is 24.9 Å². The summed E-state index contributed by atoms with van der Waals surface area (Å²) in [6.45, 7) is 8.01. The average Bonchev–Trinajstić information content (AvgIpc) is 2.40. The van der Waals surface area contributed by atoms with Crippen molar-refractivity contribution in [3.05, 3.63) is 35.4 Å². The van der Waals surface area contributed by atoms with Gasteiger partial charge in [-0.25, -0.2) is 5.84 Å². The van der Waals surface area contributed by atoms with Crippen LogP contribution in [0, 0.1) is 5.41 Å². The number of nitrogens with two attached hydrogens (primary N) is 1. The van der Waals surface area contributed by atoms with E-state index in [1.807, 2.05) is 12.1 Å². The van der Waals surface area contributed by atoms with Crippen LogP contribution in [0.15, 0.2) is 24.3 Å². The number of hydrogen-bond acceptors (Lipinski definition) is 3. The van der Waals surface area contributed by atoms with Crippen LogP contribution in [0.25, 0.3) is 0 Å². The quantitative estimate of drug-likeness (QED) is 0.501. The summed E-state index contributed by atoms with van der Waals surface area (Å²) >= 11 is 0. The van der Waals surface area contributed by atoms with Gasteiger partial charge in [-0.05, 0) is 35.9 Å². The molecule has 1 saturated heterocycles. The van der Waals surface area contributed by atoms with Gasteiger partial charge in [0.2, 0.25) is 5.91 Å². The molecule has 4 nitrogen and oxygen atoms in total. The zero-order chi connectivity index (χ0) is 14.6. The number of rotatable bonds is 4. The topological polar surface area (TPSA) is 58.4 Å². The minimum Gasteiger partial charge on any atom is -0.299 e. The predicted octanol–water partition coefficient (Wildman–Crippen LogP) is 1.84. The van der Waals surface area contributed by atoms with Gasteiger partial charge in [-0.1, -0.05) is 38.1 Å². The van der Waals surface area contributed by atoms with Gasteiger partial charge in [-0.3, -0.25) is 15.1 Å². The van der Waals surface area contributed by atoms with Gasteiger partial charge >= 0.3 is 0 Å². The Morgan fingerprint density at radius 1 is 1.30 bits per heavy atom. The first-order valence-corrected chi connectivity index (χ1v) is 7.28. The Morgan fingerprint density at radius 3 is 2.55 bits per heavy atom. The molecule has 0 aliphatic carbocycles. The molecular formula is C16H25N3O. The molecule has 0 spiro atoms. The Morgan fingerprint density at radius 2 is 1.95 bits per heavy atom. The number of amides is 1. The van der Waals surface area contributed by atoms with Crippen LogP contribution in [0.5, 0.6) is 0 Å². The van der Waals surface area contributed by atoms with E-state index in [2.05, 4.69) is 36.3 Å². The molecule has 1 amide bonds. The smallest absolute Gasteiger partial charge is 0.238 e. The number of carbonyl (C=O) groups excluding carboxylic acids is 1. The molecule has 1 aliphatic rings. The third-order valence-electron chi connectivity index (χ3n) is 3.93. The third kappa shape index (κ3) is 4.32. The molecule has 3 N–H and O–H groups in total. The molecule has 0 aromatic heterocycles. The van der Waals surface area contributed by atoms with Gasteiger partial charge in [-0.2, -0.15) is 0 Å². The highest BCUT2D eigenvalue weighted by molar-refractivity contribution is 5.77. The maximum Gasteiger partial charge on any atom is 0.238 e. The van der Waals surface area contributed by atoms with Crippen LogP contribution in [0.3, 0.4) is 0 Å². The summed E-state index contributed by atoms with van der Waals surface area (Å²) in [7, 11) is 0. The number of benzene rings is 1. The van der Waals surface area contributed by atoms with Crippen molar-refractivity contribution in [1.29, 1.82) is 0 Å². The molecule has 4 heteroatoms. The Labute approximate surface area is 121 Å². The fourth-order valence-electron chi connectivity index (χ4n) is 2.94. The highest BCUT2D eigenvalue weighted by atomic mass is 16.2. The van der Waals surface area contributed by atoms with Crippen LogP contribution in [-0.2, 0) is 17.8 Å². The highest BCUT2D eigenvalue weighted by Crippen LogP contribution is 2.29. The van der Waals surface area contributed by atoms with Crippen molar-refractivity contribution < 1.29 is 4.79 Å². The minimum absolute atomic E-state index is 0.157. The zero-order valence-electron chi connectivity index (χ0n) is 12.5. The highest BCUT2D eigenvalue weighted by Gasteiger charge is 2.25. The summed E-state index contributed by atoms with van der Waals surface area (Å²) in [4.78, 5) is 13.7. The van der Waals surface area contributed by atoms with Crippen LogP contribution >= 0.6 is 0 Å². The Kier molecular flexibility index (Phi) is 4.78. The second kappa shape index (κ2) is 6.37. The summed E-state index contributed by atoms with van der Waals surface area (Å²) in [5, 5.41) is 0. The zero-order valence-corrected chi connectivity index (χ0v) is 12.5. The molecule has 0 unspecified atom stereocenters. The fourth-order valence-corrected chi connectivity index (χ4v) is 2.94. The Hall–Kier alpha value is -1.39. The SMILES string of the molecule is CC1(C)CCCN(Cc2ccc(CC(=O)NN)cc2)C1. The lowest BCUT2D eigenvalue weighted by Crippen LogP contribution is -2.39. The maximum absolute atomic E-state index is 11.2. The first-order chi connectivity index (χ1) is 9.48. The minimum atomic E-state index is -0.157. The van der Waals surface area contributed by atoms with Crippen LogP contribution in [0.4, 0.5) is 0 Å². The van der Waals surface area contributed by atoms with E-state index in [4.69, 9.17) is 5.84 Å². The summed E-state index contributed by atoms with van der Waals surface area (Å²) in [6.07, 6.45) is 2.94. The van der Waals surface area contributed by atoms with Crippen molar-refractivity contribution in [2.75, 3.05) is 13.1 Å². The molecule has 1 heterocycles. The van der Waals surface area contributed by atoms with Crippen LogP contribution in [0.1, 0.15) is 37.8 Å². The number of hydrazine groups is 1. The van der Waals surface area contributed by atoms with Gasteiger partial charge in [0.05, 0.1) is 6.42 Å². The molecule has 1 fully saturated rings. The summed E-state index contributed by atoms with van der Waals surface area (Å²) in [6, 6.07) is 8.25. The largest absolute Gasteiger partial charge is 0.299 e. The second-order valence-corrected chi connectivity index (χ2v) is 6.54. The van der Waals surface area contributed by atoms with Crippen molar-refractivity contribution in [2.45, 2.75) is 39.7 Å². The van der Waals surface area contributed by atoms with Gasteiger partial charge in [-0.15, -0.1) is 0 Å².